The van der Waals surface area contributed by atoms with Crippen LogP contribution in [-0.2, 0) is 4.79 Å². The van der Waals surface area contributed by atoms with Gasteiger partial charge in [-0.3, -0.25) is 0 Å². The zero-order valence-corrected chi connectivity index (χ0v) is 13.5. The van der Waals surface area contributed by atoms with Crippen molar-refractivity contribution in [1.29, 1.82) is 0 Å². The molecule has 116 valence electrons. The molecule has 5 heteroatoms. The Kier molecular flexibility index (Phi) is 3.50. The molecular formula is C18H16N2O2S. The zero-order valence-electron chi connectivity index (χ0n) is 12.7. The van der Waals surface area contributed by atoms with Gasteiger partial charge in [-0.05, 0) is 30.7 Å². The molecule has 0 spiro atoms. The van der Waals surface area contributed by atoms with Crippen molar-refractivity contribution in [2.75, 3.05) is 17.3 Å². The van der Waals surface area contributed by atoms with E-state index in [0.717, 1.165) is 28.0 Å². The van der Waals surface area contributed by atoms with Crippen LogP contribution in [0.3, 0.4) is 0 Å². The monoisotopic (exact) mass is 324 g/mol. The summed E-state index contributed by atoms with van der Waals surface area (Å²) in [7, 11) is 0. The van der Waals surface area contributed by atoms with E-state index in [1.807, 2.05) is 60.5 Å². The normalized spacial score (nSPS) is 13.3. The fourth-order valence-electron chi connectivity index (χ4n) is 2.87. The van der Waals surface area contributed by atoms with E-state index < -0.39 is 0 Å². The predicted octanol–water partition coefficient (Wildman–Crippen LogP) is 3.47. The Balaban J connectivity index is 1.52. The van der Waals surface area contributed by atoms with Gasteiger partial charge in [-0.1, -0.05) is 30.3 Å². The third kappa shape index (κ3) is 2.57. The number of rotatable bonds is 3. The molecule has 1 aromatic heterocycles. The summed E-state index contributed by atoms with van der Waals surface area (Å²) in [6, 6.07) is 16.0. The largest absolute Gasteiger partial charge is 0.351 e. The summed E-state index contributed by atoms with van der Waals surface area (Å²) in [6.07, 6.45) is 1.86. The molecule has 0 radical (unpaired) electrons. The number of aromatic nitrogens is 1. The highest BCUT2D eigenvalue weighted by Crippen LogP contribution is 2.37. The molecule has 2 aromatic carbocycles. The molecule has 1 aliphatic rings. The molecule has 2 heterocycles. The molecule has 0 aliphatic carbocycles. The number of fused-ring (bicyclic) bond motifs is 2. The highest BCUT2D eigenvalue weighted by molar-refractivity contribution is 7.99. The average Bonchev–Trinajstić information content (AvgIpc) is 3.10. The maximum Gasteiger partial charge on any atom is 0.351 e. The smallest absolute Gasteiger partial charge is 0.350 e. The van der Waals surface area contributed by atoms with E-state index in [2.05, 4.69) is 6.07 Å². The number of carbonyl (C=O) groups excluding carboxylic acids is 1. The molecule has 0 bridgehead atoms. The van der Waals surface area contributed by atoms with Crippen LogP contribution in [0.2, 0.25) is 0 Å². The molecule has 0 unspecified atom stereocenters. The van der Waals surface area contributed by atoms with Crippen LogP contribution in [0.4, 0.5) is 5.69 Å². The van der Waals surface area contributed by atoms with Crippen LogP contribution in [0.5, 0.6) is 0 Å². The number of carbonyl (C=O) groups is 1. The molecule has 3 aromatic rings. The molecule has 0 N–H and O–H groups in total. The fraction of sp³-hybridized carbons (Fsp3) is 0.167. The molecule has 0 saturated heterocycles. The maximum absolute atomic E-state index is 12.3. The molecule has 4 nitrogen and oxygen atoms in total. The van der Waals surface area contributed by atoms with Gasteiger partial charge in [-0.15, -0.1) is 11.8 Å². The van der Waals surface area contributed by atoms with Crippen molar-refractivity contribution < 1.29 is 9.63 Å². The number of anilines is 1. The van der Waals surface area contributed by atoms with Crippen molar-refractivity contribution in [1.82, 2.24) is 4.73 Å². The average molecular weight is 324 g/mol. The van der Waals surface area contributed by atoms with Gasteiger partial charge in [0.15, 0.2) is 0 Å². The third-order valence-electron chi connectivity index (χ3n) is 3.98. The van der Waals surface area contributed by atoms with E-state index in [0.29, 0.717) is 0 Å². The lowest BCUT2D eigenvalue weighted by Crippen LogP contribution is -2.33. The van der Waals surface area contributed by atoms with Gasteiger partial charge >= 0.3 is 5.97 Å². The summed E-state index contributed by atoms with van der Waals surface area (Å²) in [5, 5.41) is 1.10. The topological polar surface area (TPSA) is 34.5 Å². The van der Waals surface area contributed by atoms with Gasteiger partial charge < -0.3 is 9.74 Å². The molecule has 1 aliphatic heterocycles. The molecule has 0 atom stereocenters. The molecule has 23 heavy (non-hydrogen) atoms. The first kappa shape index (κ1) is 14.2. The summed E-state index contributed by atoms with van der Waals surface area (Å²) >= 11 is 1.74. The number of hydrogen-bond acceptors (Lipinski definition) is 4. The van der Waals surface area contributed by atoms with Crippen molar-refractivity contribution in [2.24, 2.45) is 0 Å². The number of benzene rings is 2. The summed E-state index contributed by atoms with van der Waals surface area (Å²) in [6.45, 7) is 2.26. The highest BCUT2D eigenvalue weighted by Gasteiger charge is 2.22. The Morgan fingerprint density at radius 3 is 2.87 bits per heavy atom. The lowest BCUT2D eigenvalue weighted by Gasteiger charge is -2.17. The number of thioether (sulfide) groups is 1. The van der Waals surface area contributed by atoms with Gasteiger partial charge in [0, 0.05) is 16.5 Å². The van der Waals surface area contributed by atoms with Crippen LogP contribution in [0, 0.1) is 6.92 Å². The highest BCUT2D eigenvalue weighted by atomic mass is 32.2. The van der Waals surface area contributed by atoms with Crippen LogP contribution in [0.25, 0.3) is 10.9 Å². The van der Waals surface area contributed by atoms with Gasteiger partial charge in [0.25, 0.3) is 0 Å². The minimum absolute atomic E-state index is 0.246. The second-order valence-electron chi connectivity index (χ2n) is 5.56. The Labute approximate surface area is 138 Å². The van der Waals surface area contributed by atoms with Gasteiger partial charge in [0.2, 0.25) is 0 Å². The van der Waals surface area contributed by atoms with Crippen LogP contribution < -0.4 is 9.74 Å². The van der Waals surface area contributed by atoms with Crippen molar-refractivity contribution >= 4 is 34.3 Å². The Morgan fingerprint density at radius 2 is 1.96 bits per heavy atom. The van der Waals surface area contributed by atoms with Crippen LogP contribution in [-0.4, -0.2) is 23.1 Å². The van der Waals surface area contributed by atoms with E-state index >= 15 is 0 Å². The predicted molar refractivity (Wildman–Crippen MR) is 92.8 cm³/mol. The molecule has 0 amide bonds. The summed E-state index contributed by atoms with van der Waals surface area (Å²) in [4.78, 5) is 21.1. The van der Waals surface area contributed by atoms with E-state index in [1.54, 1.807) is 16.5 Å². The van der Waals surface area contributed by atoms with Crippen molar-refractivity contribution in [3.63, 3.8) is 0 Å². The number of hydrogen-bond donors (Lipinski definition) is 0. The van der Waals surface area contributed by atoms with Gasteiger partial charge in [0.05, 0.1) is 17.1 Å². The Bertz CT molecular complexity index is 888. The zero-order chi connectivity index (χ0) is 15.8. The lowest BCUT2D eigenvalue weighted by molar-refractivity contribution is -0.141. The Hall–Kier alpha value is -2.40. The van der Waals surface area contributed by atoms with Gasteiger partial charge in [-0.2, -0.15) is 4.73 Å². The van der Waals surface area contributed by atoms with E-state index in [4.69, 9.17) is 4.84 Å². The molecule has 4 rings (SSSR count). The first-order valence-electron chi connectivity index (χ1n) is 7.47. The standard InChI is InChI=1S/C18H16N2O2S/c1-13-10-20(15-7-3-2-6-14(13)15)22-18(21)11-19-12-23-17-9-5-4-8-16(17)19/h2-10H,11-12H2,1H3. The number of aryl methyl sites for hydroxylation is 1. The summed E-state index contributed by atoms with van der Waals surface area (Å²) < 4.78 is 1.57. The fourth-order valence-corrected chi connectivity index (χ4v) is 3.92. The van der Waals surface area contributed by atoms with Crippen molar-refractivity contribution in [2.45, 2.75) is 11.8 Å². The van der Waals surface area contributed by atoms with Gasteiger partial charge in [-0.25, -0.2) is 4.79 Å². The summed E-state index contributed by atoms with van der Waals surface area (Å²) in [5.41, 5.74) is 3.10. The summed E-state index contributed by atoms with van der Waals surface area (Å²) in [5.74, 6) is 0.517. The minimum Gasteiger partial charge on any atom is -0.350 e. The second-order valence-corrected chi connectivity index (χ2v) is 6.54. The third-order valence-corrected chi connectivity index (χ3v) is 5.08. The van der Waals surface area contributed by atoms with Crippen LogP contribution in [0.15, 0.2) is 59.6 Å². The molecular weight excluding hydrogens is 308 g/mol. The number of nitrogens with zero attached hydrogens (tertiary/aromatic N) is 2. The Morgan fingerprint density at radius 1 is 1.17 bits per heavy atom. The van der Waals surface area contributed by atoms with E-state index in [1.165, 1.54) is 4.90 Å². The van der Waals surface area contributed by atoms with Crippen LogP contribution in [0.1, 0.15) is 5.56 Å². The second kappa shape index (κ2) is 5.66. The van der Waals surface area contributed by atoms with Crippen molar-refractivity contribution in [3.05, 3.63) is 60.3 Å². The number of para-hydroxylation sites is 2. The molecule has 0 saturated carbocycles. The quantitative estimate of drug-likeness (QED) is 0.739. The first-order chi connectivity index (χ1) is 11.2. The van der Waals surface area contributed by atoms with E-state index in [-0.39, 0.29) is 12.5 Å². The van der Waals surface area contributed by atoms with Crippen molar-refractivity contribution in [3.8, 4) is 0 Å². The van der Waals surface area contributed by atoms with Gasteiger partial charge in [0.1, 0.15) is 6.54 Å². The first-order valence-corrected chi connectivity index (χ1v) is 8.45. The SMILES string of the molecule is Cc1cn(OC(=O)CN2CSc3ccccc32)c2ccccc12. The molecule has 0 fully saturated rings. The minimum atomic E-state index is -0.261. The maximum atomic E-state index is 12.3. The lowest BCUT2D eigenvalue weighted by atomic mass is 10.2. The van der Waals surface area contributed by atoms with Crippen LogP contribution >= 0.6 is 11.8 Å². The van der Waals surface area contributed by atoms with E-state index in [9.17, 15) is 4.79 Å².